The van der Waals surface area contributed by atoms with Crippen LogP contribution in [0.3, 0.4) is 0 Å². The molecule has 0 atom stereocenters. The van der Waals surface area contributed by atoms with Crippen LogP contribution < -0.4 is 10.6 Å². The molecule has 16 heavy (non-hydrogen) atoms. The molecule has 0 unspecified atom stereocenters. The first-order valence-electron chi connectivity index (χ1n) is 6.32. The maximum absolute atomic E-state index is 3.44. The molecule has 0 aliphatic rings. The minimum absolute atomic E-state index is 0.631. The number of hydrogen-bond donors (Lipinski definition) is 2. The maximum atomic E-state index is 3.44. The quantitative estimate of drug-likeness (QED) is 0.520. The van der Waals surface area contributed by atoms with E-state index in [4.69, 9.17) is 0 Å². The molecular formula is C12H30N4. The number of likely N-dealkylation sites (N-methyl/N-ethyl adjacent to an activating group) is 2. The second-order valence-electron chi connectivity index (χ2n) is 4.79. The molecule has 0 radical (unpaired) electrons. The standard InChI is InChI=1S/C12H30N4/c1-12(2)16(11-10-15(4)5)9-8-14-7-6-13-3/h12-14H,6-11H2,1-5H3. The normalized spacial score (nSPS) is 12.0. The minimum atomic E-state index is 0.631. The van der Waals surface area contributed by atoms with Crippen LogP contribution in [0.4, 0.5) is 0 Å². The average Bonchev–Trinajstić information content (AvgIpc) is 2.21. The molecule has 0 bridgehead atoms. The highest BCUT2D eigenvalue weighted by molar-refractivity contribution is 4.65. The third-order valence-corrected chi connectivity index (χ3v) is 2.69. The highest BCUT2D eigenvalue weighted by Gasteiger charge is 2.08. The summed E-state index contributed by atoms with van der Waals surface area (Å²) in [4.78, 5) is 4.76. The van der Waals surface area contributed by atoms with Crippen molar-refractivity contribution < 1.29 is 0 Å². The lowest BCUT2D eigenvalue weighted by molar-refractivity contribution is 0.200. The Balaban J connectivity index is 3.60. The molecule has 0 aliphatic heterocycles. The SMILES string of the molecule is CNCCNCCN(CCN(C)C)C(C)C. The Morgan fingerprint density at radius 3 is 2.12 bits per heavy atom. The van der Waals surface area contributed by atoms with Crippen LogP contribution in [-0.4, -0.2) is 76.3 Å². The summed E-state index contributed by atoms with van der Waals surface area (Å²) in [6.45, 7) is 11.1. The summed E-state index contributed by atoms with van der Waals surface area (Å²) < 4.78 is 0. The van der Waals surface area contributed by atoms with Crippen LogP contribution in [0.2, 0.25) is 0 Å². The van der Waals surface area contributed by atoms with Gasteiger partial charge in [0, 0.05) is 45.3 Å². The zero-order valence-electron chi connectivity index (χ0n) is 11.7. The molecule has 0 rings (SSSR count). The van der Waals surface area contributed by atoms with Crippen LogP contribution in [0.1, 0.15) is 13.8 Å². The van der Waals surface area contributed by atoms with Crippen molar-refractivity contribution in [3.63, 3.8) is 0 Å². The molecule has 2 N–H and O–H groups in total. The Hall–Kier alpha value is -0.160. The molecular weight excluding hydrogens is 200 g/mol. The lowest BCUT2D eigenvalue weighted by atomic mass is 10.3. The molecule has 0 fully saturated rings. The van der Waals surface area contributed by atoms with Gasteiger partial charge < -0.3 is 15.5 Å². The zero-order valence-corrected chi connectivity index (χ0v) is 11.7. The van der Waals surface area contributed by atoms with E-state index in [0.29, 0.717) is 6.04 Å². The lowest BCUT2D eigenvalue weighted by Crippen LogP contribution is -2.41. The molecule has 0 heterocycles. The summed E-state index contributed by atoms with van der Waals surface area (Å²) in [6.07, 6.45) is 0. The van der Waals surface area contributed by atoms with Gasteiger partial charge in [0.2, 0.25) is 0 Å². The maximum Gasteiger partial charge on any atom is 0.0112 e. The molecule has 98 valence electrons. The molecule has 0 saturated carbocycles. The molecule has 0 aromatic heterocycles. The van der Waals surface area contributed by atoms with Crippen LogP contribution in [0, 0.1) is 0 Å². The summed E-state index contributed by atoms with van der Waals surface area (Å²) in [7, 11) is 6.24. The van der Waals surface area contributed by atoms with Gasteiger partial charge in [0.1, 0.15) is 0 Å². The van der Waals surface area contributed by atoms with Crippen molar-refractivity contribution in [1.29, 1.82) is 0 Å². The van der Waals surface area contributed by atoms with E-state index in [1.807, 2.05) is 7.05 Å². The first kappa shape index (κ1) is 15.8. The fraction of sp³-hybridized carbons (Fsp3) is 1.00. The van der Waals surface area contributed by atoms with E-state index in [2.05, 4.69) is 48.4 Å². The van der Waals surface area contributed by atoms with Gasteiger partial charge in [-0.1, -0.05) is 0 Å². The van der Waals surface area contributed by atoms with Gasteiger partial charge in [-0.15, -0.1) is 0 Å². The second-order valence-corrected chi connectivity index (χ2v) is 4.79. The third-order valence-electron chi connectivity index (χ3n) is 2.69. The van der Waals surface area contributed by atoms with Crippen molar-refractivity contribution in [1.82, 2.24) is 20.4 Å². The fourth-order valence-electron chi connectivity index (χ4n) is 1.52. The molecule has 0 saturated heterocycles. The summed E-state index contributed by atoms with van der Waals surface area (Å²) >= 11 is 0. The highest BCUT2D eigenvalue weighted by atomic mass is 15.2. The predicted octanol–water partition coefficient (Wildman–Crippen LogP) is 0.0674. The number of hydrogen-bond acceptors (Lipinski definition) is 4. The molecule has 0 aliphatic carbocycles. The molecule has 0 aromatic rings. The molecule has 4 nitrogen and oxygen atoms in total. The zero-order chi connectivity index (χ0) is 12.4. The fourth-order valence-corrected chi connectivity index (χ4v) is 1.52. The van der Waals surface area contributed by atoms with Crippen LogP contribution >= 0.6 is 0 Å². The monoisotopic (exact) mass is 230 g/mol. The van der Waals surface area contributed by atoms with Crippen molar-refractivity contribution in [2.75, 3.05) is 60.4 Å². The Kier molecular flexibility index (Phi) is 9.92. The van der Waals surface area contributed by atoms with E-state index in [0.717, 1.165) is 39.3 Å². The summed E-state index contributed by atoms with van der Waals surface area (Å²) in [6, 6.07) is 0.631. The topological polar surface area (TPSA) is 30.5 Å². The van der Waals surface area contributed by atoms with Crippen LogP contribution in [0.25, 0.3) is 0 Å². The van der Waals surface area contributed by atoms with E-state index in [1.54, 1.807) is 0 Å². The van der Waals surface area contributed by atoms with Gasteiger partial charge in [-0.2, -0.15) is 0 Å². The smallest absolute Gasteiger partial charge is 0.0112 e. The molecule has 0 aromatic carbocycles. The van der Waals surface area contributed by atoms with Gasteiger partial charge in [0.15, 0.2) is 0 Å². The Bertz CT molecular complexity index is 148. The van der Waals surface area contributed by atoms with E-state index in [-0.39, 0.29) is 0 Å². The Morgan fingerprint density at radius 2 is 1.62 bits per heavy atom. The molecule has 4 heteroatoms. The van der Waals surface area contributed by atoms with E-state index in [1.165, 1.54) is 0 Å². The van der Waals surface area contributed by atoms with Crippen molar-refractivity contribution in [3.05, 3.63) is 0 Å². The Labute approximate surface area is 101 Å². The largest absolute Gasteiger partial charge is 0.318 e. The van der Waals surface area contributed by atoms with Gasteiger partial charge in [0.25, 0.3) is 0 Å². The second kappa shape index (κ2) is 10.0. The van der Waals surface area contributed by atoms with E-state index in [9.17, 15) is 0 Å². The number of nitrogens with zero attached hydrogens (tertiary/aromatic N) is 2. The van der Waals surface area contributed by atoms with Gasteiger partial charge in [-0.3, -0.25) is 4.90 Å². The molecule has 0 amide bonds. The highest BCUT2D eigenvalue weighted by Crippen LogP contribution is 1.96. The summed E-state index contributed by atoms with van der Waals surface area (Å²) in [5, 5.41) is 6.58. The first-order valence-corrected chi connectivity index (χ1v) is 6.32. The van der Waals surface area contributed by atoms with Crippen molar-refractivity contribution in [2.24, 2.45) is 0 Å². The van der Waals surface area contributed by atoms with Crippen LogP contribution in [0.15, 0.2) is 0 Å². The van der Waals surface area contributed by atoms with Crippen molar-refractivity contribution >= 4 is 0 Å². The van der Waals surface area contributed by atoms with Crippen LogP contribution in [-0.2, 0) is 0 Å². The van der Waals surface area contributed by atoms with E-state index < -0.39 is 0 Å². The molecule has 0 spiro atoms. The summed E-state index contributed by atoms with van der Waals surface area (Å²) in [5.74, 6) is 0. The van der Waals surface area contributed by atoms with Crippen LogP contribution in [0.5, 0.6) is 0 Å². The number of rotatable bonds is 10. The van der Waals surface area contributed by atoms with Crippen molar-refractivity contribution in [3.8, 4) is 0 Å². The Morgan fingerprint density at radius 1 is 0.938 bits per heavy atom. The van der Waals surface area contributed by atoms with Gasteiger partial charge in [-0.25, -0.2) is 0 Å². The first-order chi connectivity index (χ1) is 7.57. The minimum Gasteiger partial charge on any atom is -0.318 e. The lowest BCUT2D eigenvalue weighted by Gasteiger charge is -2.27. The predicted molar refractivity (Wildman–Crippen MR) is 72.1 cm³/mol. The van der Waals surface area contributed by atoms with Gasteiger partial charge in [0.05, 0.1) is 0 Å². The number of nitrogens with one attached hydrogen (secondary N) is 2. The van der Waals surface area contributed by atoms with Crippen molar-refractivity contribution in [2.45, 2.75) is 19.9 Å². The van der Waals surface area contributed by atoms with Gasteiger partial charge >= 0.3 is 0 Å². The van der Waals surface area contributed by atoms with Gasteiger partial charge in [-0.05, 0) is 35.0 Å². The third kappa shape index (κ3) is 9.09. The summed E-state index contributed by atoms with van der Waals surface area (Å²) in [5.41, 5.74) is 0. The average molecular weight is 230 g/mol. The van der Waals surface area contributed by atoms with E-state index >= 15 is 0 Å².